The Bertz CT molecular complexity index is 773. The second kappa shape index (κ2) is 5.44. The smallest absolute Gasteiger partial charge is 0.270 e. The number of aromatic nitrogens is 3. The Morgan fingerprint density at radius 2 is 2.10 bits per heavy atom. The lowest BCUT2D eigenvalue weighted by molar-refractivity contribution is 0.0768. The number of nitrogens with zero attached hydrogens (tertiary/aromatic N) is 2. The predicted octanol–water partition coefficient (Wildman–Crippen LogP) is 3.29. The van der Waals surface area contributed by atoms with Crippen LogP contribution in [0, 0.1) is 0 Å². The van der Waals surface area contributed by atoms with Crippen LogP contribution in [0.3, 0.4) is 0 Å². The van der Waals surface area contributed by atoms with Gasteiger partial charge in [0.1, 0.15) is 11.3 Å². The molecule has 0 aliphatic carbocycles. The van der Waals surface area contributed by atoms with E-state index in [1.54, 1.807) is 11.1 Å². The lowest BCUT2D eigenvalue weighted by Gasteiger charge is -2.17. The standard InChI is InChI=1S/C16H18N4O.H2/c1-3-20(4-2)16(21)14-9-11(10-19-14)12-5-7-17-15-13(12)6-8-18-15;/h5-10,19H,3-4H2,1-2H3,(H,17,18);1H. The Labute approximate surface area is 124 Å². The molecular weight excluding hydrogens is 264 g/mol. The van der Waals surface area contributed by atoms with E-state index in [0.717, 1.165) is 22.2 Å². The maximum atomic E-state index is 12.3. The van der Waals surface area contributed by atoms with Crippen LogP contribution in [-0.2, 0) is 0 Å². The lowest BCUT2D eigenvalue weighted by atomic mass is 10.1. The van der Waals surface area contributed by atoms with E-state index >= 15 is 0 Å². The van der Waals surface area contributed by atoms with E-state index in [-0.39, 0.29) is 7.33 Å². The Kier molecular flexibility index (Phi) is 3.48. The minimum atomic E-state index is 0. The molecule has 0 unspecified atom stereocenters. The zero-order chi connectivity index (χ0) is 14.8. The summed E-state index contributed by atoms with van der Waals surface area (Å²) in [7, 11) is 0. The number of nitrogens with one attached hydrogen (secondary N) is 2. The zero-order valence-electron chi connectivity index (χ0n) is 12.2. The monoisotopic (exact) mass is 284 g/mol. The average molecular weight is 284 g/mol. The van der Waals surface area contributed by atoms with Gasteiger partial charge in [0.15, 0.2) is 0 Å². The van der Waals surface area contributed by atoms with Crippen molar-refractivity contribution in [3.05, 3.63) is 42.5 Å². The molecule has 0 aliphatic rings. The van der Waals surface area contributed by atoms with Crippen molar-refractivity contribution in [3.63, 3.8) is 0 Å². The Balaban J connectivity index is 0.00000176. The van der Waals surface area contributed by atoms with E-state index < -0.39 is 0 Å². The lowest BCUT2D eigenvalue weighted by Crippen LogP contribution is -2.30. The van der Waals surface area contributed by atoms with Crippen molar-refractivity contribution in [1.29, 1.82) is 0 Å². The molecule has 0 aromatic carbocycles. The SMILES string of the molecule is CCN(CC)C(=O)c1cc(-c2ccnc3[nH]ccc23)c[nH]1.[HH]. The third-order valence-electron chi connectivity index (χ3n) is 3.74. The van der Waals surface area contributed by atoms with Gasteiger partial charge >= 0.3 is 0 Å². The number of carbonyl (C=O) groups excluding carboxylic acids is 1. The molecule has 0 atom stereocenters. The number of hydrogen-bond donors (Lipinski definition) is 2. The summed E-state index contributed by atoms with van der Waals surface area (Å²) in [5.74, 6) is 0.0330. The van der Waals surface area contributed by atoms with Crippen LogP contribution in [0.2, 0.25) is 0 Å². The van der Waals surface area contributed by atoms with E-state index in [2.05, 4.69) is 15.0 Å². The first-order chi connectivity index (χ1) is 10.2. The van der Waals surface area contributed by atoms with Crippen molar-refractivity contribution in [2.75, 3.05) is 13.1 Å². The van der Waals surface area contributed by atoms with Gasteiger partial charge in [-0.25, -0.2) is 4.98 Å². The molecule has 0 spiro atoms. The van der Waals surface area contributed by atoms with Crippen LogP contribution in [0.25, 0.3) is 22.2 Å². The molecule has 0 saturated heterocycles. The van der Waals surface area contributed by atoms with Gasteiger partial charge in [0.25, 0.3) is 5.91 Å². The van der Waals surface area contributed by atoms with Crippen LogP contribution in [0.15, 0.2) is 36.8 Å². The molecule has 5 heteroatoms. The first-order valence-corrected chi connectivity index (χ1v) is 7.14. The predicted molar refractivity (Wildman–Crippen MR) is 85.2 cm³/mol. The second-order valence-corrected chi connectivity index (χ2v) is 4.88. The van der Waals surface area contributed by atoms with Crippen molar-refractivity contribution in [2.24, 2.45) is 0 Å². The summed E-state index contributed by atoms with van der Waals surface area (Å²) in [5.41, 5.74) is 3.54. The van der Waals surface area contributed by atoms with Crippen LogP contribution < -0.4 is 0 Å². The largest absolute Gasteiger partial charge is 0.357 e. The molecule has 0 bridgehead atoms. The van der Waals surface area contributed by atoms with Gasteiger partial charge in [-0.05, 0) is 37.6 Å². The zero-order valence-corrected chi connectivity index (χ0v) is 12.2. The summed E-state index contributed by atoms with van der Waals surface area (Å²) in [6.07, 6.45) is 5.52. The van der Waals surface area contributed by atoms with Crippen molar-refractivity contribution in [3.8, 4) is 11.1 Å². The van der Waals surface area contributed by atoms with Gasteiger partial charge in [-0.15, -0.1) is 0 Å². The molecule has 3 aromatic rings. The highest BCUT2D eigenvalue weighted by molar-refractivity contribution is 5.97. The highest BCUT2D eigenvalue weighted by Gasteiger charge is 2.15. The van der Waals surface area contributed by atoms with Gasteiger partial charge in [-0.3, -0.25) is 4.79 Å². The van der Waals surface area contributed by atoms with E-state index in [0.29, 0.717) is 18.8 Å². The third kappa shape index (κ3) is 2.31. The summed E-state index contributed by atoms with van der Waals surface area (Å²) >= 11 is 0. The maximum absolute atomic E-state index is 12.3. The minimum Gasteiger partial charge on any atom is -0.357 e. The summed E-state index contributed by atoms with van der Waals surface area (Å²) in [5, 5.41) is 1.05. The Morgan fingerprint density at radius 1 is 1.29 bits per heavy atom. The average Bonchev–Trinajstić information content (AvgIpc) is 3.17. The molecule has 3 rings (SSSR count). The molecule has 110 valence electrons. The van der Waals surface area contributed by atoms with Crippen LogP contribution >= 0.6 is 0 Å². The number of H-pyrrole nitrogens is 2. The first kappa shape index (κ1) is 13.4. The fraction of sp³-hybridized carbons (Fsp3) is 0.250. The fourth-order valence-corrected chi connectivity index (χ4v) is 2.57. The van der Waals surface area contributed by atoms with Crippen LogP contribution in [-0.4, -0.2) is 38.8 Å². The summed E-state index contributed by atoms with van der Waals surface area (Å²) in [4.78, 5) is 24.6. The quantitative estimate of drug-likeness (QED) is 0.772. The highest BCUT2D eigenvalue weighted by atomic mass is 16.2. The summed E-state index contributed by atoms with van der Waals surface area (Å²) in [6.45, 7) is 5.39. The molecule has 0 saturated carbocycles. The fourth-order valence-electron chi connectivity index (χ4n) is 2.57. The Hall–Kier alpha value is -2.56. The van der Waals surface area contributed by atoms with Crippen molar-refractivity contribution < 1.29 is 6.22 Å². The third-order valence-corrected chi connectivity index (χ3v) is 3.74. The van der Waals surface area contributed by atoms with Gasteiger partial charge in [-0.2, -0.15) is 0 Å². The van der Waals surface area contributed by atoms with E-state index in [4.69, 9.17) is 0 Å². The van der Waals surface area contributed by atoms with Gasteiger partial charge in [-0.1, -0.05) is 0 Å². The molecule has 1 amide bonds. The number of fused-ring (bicyclic) bond motifs is 1. The molecule has 0 fully saturated rings. The molecular formula is C16H20N4O. The molecule has 0 aliphatic heterocycles. The maximum Gasteiger partial charge on any atom is 0.270 e. The second-order valence-electron chi connectivity index (χ2n) is 4.88. The van der Waals surface area contributed by atoms with Crippen LogP contribution in [0.5, 0.6) is 0 Å². The number of rotatable bonds is 4. The molecule has 0 radical (unpaired) electrons. The Morgan fingerprint density at radius 3 is 2.86 bits per heavy atom. The normalized spacial score (nSPS) is 11.0. The minimum absolute atomic E-state index is 0. The van der Waals surface area contributed by atoms with Gasteiger partial charge < -0.3 is 14.9 Å². The van der Waals surface area contributed by atoms with E-state index in [1.165, 1.54) is 0 Å². The first-order valence-electron chi connectivity index (χ1n) is 7.14. The highest BCUT2D eigenvalue weighted by Crippen LogP contribution is 2.27. The molecule has 3 aromatic heterocycles. The topological polar surface area (TPSA) is 64.8 Å². The molecule has 2 N–H and O–H groups in total. The summed E-state index contributed by atoms with van der Waals surface area (Å²) in [6, 6.07) is 5.87. The van der Waals surface area contributed by atoms with E-state index in [9.17, 15) is 4.79 Å². The number of aromatic amines is 2. The van der Waals surface area contributed by atoms with Crippen molar-refractivity contribution in [2.45, 2.75) is 13.8 Å². The van der Waals surface area contributed by atoms with Gasteiger partial charge in [0, 0.05) is 44.1 Å². The van der Waals surface area contributed by atoms with Gasteiger partial charge in [0.05, 0.1) is 0 Å². The molecule has 5 nitrogen and oxygen atoms in total. The number of carbonyl (C=O) groups is 1. The number of hydrogen-bond acceptors (Lipinski definition) is 2. The van der Waals surface area contributed by atoms with Crippen molar-refractivity contribution >= 4 is 16.9 Å². The van der Waals surface area contributed by atoms with Crippen molar-refractivity contribution in [1.82, 2.24) is 19.9 Å². The summed E-state index contributed by atoms with van der Waals surface area (Å²) < 4.78 is 0. The molecule has 3 heterocycles. The number of pyridine rings is 1. The number of amides is 1. The van der Waals surface area contributed by atoms with E-state index in [1.807, 2.05) is 44.4 Å². The van der Waals surface area contributed by atoms with Crippen LogP contribution in [0.1, 0.15) is 25.8 Å². The molecule has 21 heavy (non-hydrogen) atoms. The van der Waals surface area contributed by atoms with Gasteiger partial charge in [0.2, 0.25) is 0 Å². The van der Waals surface area contributed by atoms with Crippen LogP contribution in [0.4, 0.5) is 0 Å².